The van der Waals surface area contributed by atoms with Gasteiger partial charge in [-0.1, -0.05) is 12.1 Å². The highest BCUT2D eigenvalue weighted by Crippen LogP contribution is 2.55. The van der Waals surface area contributed by atoms with Crippen molar-refractivity contribution in [2.45, 2.75) is 51.0 Å². The SMILES string of the molecule is CC(=O)c1cccc(NC(=O)/C(C#N)=C\NC23CC4CC(CC(C4)C2)C3)c1. The van der Waals surface area contributed by atoms with Crippen LogP contribution in [0.15, 0.2) is 36.0 Å². The quantitative estimate of drug-likeness (QED) is 0.474. The number of nitriles is 1. The Kier molecular flexibility index (Phi) is 4.51. The molecule has 0 heterocycles. The van der Waals surface area contributed by atoms with Gasteiger partial charge in [-0.05, 0) is 75.3 Å². The Hall–Kier alpha value is -2.61. The van der Waals surface area contributed by atoms with Gasteiger partial charge in [-0.15, -0.1) is 0 Å². The predicted octanol–water partition coefficient (Wildman–Crippen LogP) is 3.79. The van der Waals surface area contributed by atoms with Gasteiger partial charge >= 0.3 is 0 Å². The van der Waals surface area contributed by atoms with E-state index in [0.717, 1.165) is 37.0 Å². The summed E-state index contributed by atoms with van der Waals surface area (Å²) < 4.78 is 0. The van der Waals surface area contributed by atoms with E-state index >= 15 is 0 Å². The van der Waals surface area contributed by atoms with Crippen molar-refractivity contribution in [3.05, 3.63) is 41.6 Å². The van der Waals surface area contributed by atoms with E-state index in [1.807, 2.05) is 6.07 Å². The smallest absolute Gasteiger partial charge is 0.267 e. The van der Waals surface area contributed by atoms with Gasteiger partial charge in [0.1, 0.15) is 11.6 Å². The predicted molar refractivity (Wildman–Crippen MR) is 103 cm³/mol. The maximum atomic E-state index is 12.5. The molecule has 4 saturated carbocycles. The van der Waals surface area contributed by atoms with Gasteiger partial charge in [-0.25, -0.2) is 0 Å². The fraction of sp³-hybridized carbons (Fsp3) is 0.500. The van der Waals surface area contributed by atoms with E-state index in [1.165, 1.54) is 26.2 Å². The van der Waals surface area contributed by atoms with E-state index < -0.39 is 5.91 Å². The van der Waals surface area contributed by atoms with Gasteiger partial charge in [0.2, 0.25) is 0 Å². The molecule has 1 amide bonds. The Morgan fingerprint density at radius 2 is 1.78 bits per heavy atom. The average Bonchev–Trinajstić information content (AvgIpc) is 2.61. The van der Waals surface area contributed by atoms with Crippen LogP contribution in [0.5, 0.6) is 0 Å². The monoisotopic (exact) mass is 363 g/mol. The van der Waals surface area contributed by atoms with Crippen molar-refractivity contribution in [3.8, 4) is 6.07 Å². The Bertz CT molecular complexity index is 814. The highest BCUT2D eigenvalue weighted by atomic mass is 16.1. The molecule has 2 N–H and O–H groups in total. The summed E-state index contributed by atoms with van der Waals surface area (Å²) in [6.45, 7) is 1.48. The van der Waals surface area contributed by atoms with Crippen LogP contribution in [0.4, 0.5) is 5.69 Å². The highest BCUT2D eigenvalue weighted by Gasteiger charge is 2.50. The zero-order chi connectivity index (χ0) is 19.0. The van der Waals surface area contributed by atoms with Crippen LogP contribution in [-0.4, -0.2) is 17.2 Å². The van der Waals surface area contributed by atoms with Gasteiger partial charge in [0.05, 0.1) is 0 Å². The van der Waals surface area contributed by atoms with Gasteiger partial charge in [0.25, 0.3) is 5.91 Å². The molecule has 140 valence electrons. The first-order valence-electron chi connectivity index (χ1n) is 9.77. The van der Waals surface area contributed by atoms with Gasteiger partial charge < -0.3 is 10.6 Å². The molecule has 27 heavy (non-hydrogen) atoms. The van der Waals surface area contributed by atoms with Crippen molar-refractivity contribution < 1.29 is 9.59 Å². The van der Waals surface area contributed by atoms with Crippen molar-refractivity contribution in [2.24, 2.45) is 17.8 Å². The Balaban J connectivity index is 1.46. The second-order valence-electron chi connectivity index (χ2n) is 8.60. The zero-order valence-corrected chi connectivity index (χ0v) is 15.6. The fourth-order valence-corrected chi connectivity index (χ4v) is 5.68. The number of amides is 1. The van der Waals surface area contributed by atoms with Crippen LogP contribution in [0.25, 0.3) is 0 Å². The van der Waals surface area contributed by atoms with Crippen LogP contribution in [-0.2, 0) is 4.79 Å². The lowest BCUT2D eigenvalue weighted by molar-refractivity contribution is -0.112. The fourth-order valence-electron chi connectivity index (χ4n) is 5.68. The van der Waals surface area contributed by atoms with Gasteiger partial charge in [0, 0.05) is 23.0 Å². The number of nitrogens with zero attached hydrogens (tertiary/aromatic N) is 1. The minimum absolute atomic E-state index is 0.0612. The largest absolute Gasteiger partial charge is 0.384 e. The van der Waals surface area contributed by atoms with Gasteiger partial charge in [-0.2, -0.15) is 5.26 Å². The summed E-state index contributed by atoms with van der Waals surface area (Å²) in [4.78, 5) is 24.0. The molecular formula is C22H25N3O2. The topological polar surface area (TPSA) is 82.0 Å². The maximum Gasteiger partial charge on any atom is 0.267 e. The molecule has 0 atom stereocenters. The van der Waals surface area contributed by atoms with Crippen molar-refractivity contribution in [3.63, 3.8) is 0 Å². The molecule has 0 aromatic heterocycles. The molecule has 0 unspecified atom stereocenters. The van der Waals surface area contributed by atoms with Crippen molar-refractivity contribution >= 4 is 17.4 Å². The van der Waals surface area contributed by atoms with E-state index in [9.17, 15) is 14.9 Å². The summed E-state index contributed by atoms with van der Waals surface area (Å²) in [6.07, 6.45) is 9.11. The molecule has 0 radical (unpaired) electrons. The van der Waals surface area contributed by atoms with Gasteiger partial charge in [0.15, 0.2) is 5.78 Å². The zero-order valence-electron chi connectivity index (χ0n) is 15.6. The summed E-state index contributed by atoms with van der Waals surface area (Å²) in [5.41, 5.74) is 1.18. The van der Waals surface area contributed by atoms with Crippen LogP contribution < -0.4 is 10.6 Å². The van der Waals surface area contributed by atoms with Crippen LogP contribution in [0.3, 0.4) is 0 Å². The first kappa shape index (κ1) is 17.8. The van der Waals surface area contributed by atoms with E-state index in [-0.39, 0.29) is 16.9 Å². The number of benzene rings is 1. The molecule has 4 fully saturated rings. The number of anilines is 1. The second kappa shape index (κ2) is 6.84. The molecule has 0 saturated heterocycles. The third-order valence-electron chi connectivity index (χ3n) is 6.45. The number of Topliss-reactive ketones (excluding diaryl/α,β-unsaturated/α-hetero) is 1. The van der Waals surface area contributed by atoms with Gasteiger partial charge in [-0.3, -0.25) is 9.59 Å². The van der Waals surface area contributed by atoms with Crippen molar-refractivity contribution in [1.29, 1.82) is 5.26 Å². The van der Waals surface area contributed by atoms with E-state index in [4.69, 9.17) is 0 Å². The van der Waals surface area contributed by atoms with Crippen LogP contribution in [0.2, 0.25) is 0 Å². The first-order chi connectivity index (χ1) is 13.0. The van der Waals surface area contributed by atoms with Crippen molar-refractivity contribution in [2.75, 3.05) is 5.32 Å². The molecule has 0 aliphatic heterocycles. The molecule has 0 spiro atoms. The van der Waals surface area contributed by atoms with E-state index in [0.29, 0.717) is 11.3 Å². The van der Waals surface area contributed by atoms with E-state index in [1.54, 1.807) is 30.5 Å². The number of ketones is 1. The summed E-state index contributed by atoms with van der Waals surface area (Å²) in [6, 6.07) is 8.77. The first-order valence-corrected chi connectivity index (χ1v) is 9.77. The van der Waals surface area contributed by atoms with Crippen molar-refractivity contribution in [1.82, 2.24) is 5.32 Å². The average molecular weight is 363 g/mol. The number of carbonyl (C=O) groups excluding carboxylic acids is 2. The summed E-state index contributed by atoms with van der Waals surface area (Å²) in [5.74, 6) is 1.88. The second-order valence-corrected chi connectivity index (χ2v) is 8.60. The normalized spacial score (nSPS) is 31.3. The molecular weight excluding hydrogens is 338 g/mol. The Labute approximate surface area is 159 Å². The lowest BCUT2D eigenvalue weighted by atomic mass is 9.53. The molecule has 5 rings (SSSR count). The minimum Gasteiger partial charge on any atom is -0.384 e. The summed E-state index contributed by atoms with van der Waals surface area (Å²) in [5, 5.41) is 15.7. The summed E-state index contributed by atoms with van der Waals surface area (Å²) in [7, 11) is 0. The third-order valence-corrected chi connectivity index (χ3v) is 6.45. The summed E-state index contributed by atoms with van der Waals surface area (Å²) >= 11 is 0. The number of hydrogen-bond acceptors (Lipinski definition) is 4. The Morgan fingerprint density at radius 1 is 1.15 bits per heavy atom. The molecule has 5 nitrogen and oxygen atoms in total. The highest BCUT2D eigenvalue weighted by molar-refractivity contribution is 6.07. The maximum absolute atomic E-state index is 12.5. The molecule has 4 aliphatic carbocycles. The minimum atomic E-state index is -0.449. The third kappa shape index (κ3) is 3.62. The lowest BCUT2D eigenvalue weighted by Crippen LogP contribution is -2.57. The molecule has 1 aromatic rings. The number of rotatable bonds is 5. The molecule has 5 heteroatoms. The Morgan fingerprint density at radius 3 is 2.33 bits per heavy atom. The standard InChI is InChI=1S/C22H25N3O2/c1-14(26)18-3-2-4-20(8-18)25-21(27)19(12-23)13-24-22-9-15-5-16(10-22)7-17(6-15)11-22/h2-4,8,13,15-17,24H,5-7,9-11H2,1H3,(H,25,27)/b19-13-. The van der Waals surface area contributed by atoms with Crippen LogP contribution in [0.1, 0.15) is 55.8 Å². The number of hydrogen-bond donors (Lipinski definition) is 2. The van der Waals surface area contributed by atoms with E-state index in [2.05, 4.69) is 10.6 Å². The molecule has 4 bridgehead atoms. The molecule has 4 aliphatic rings. The number of nitrogens with one attached hydrogen (secondary N) is 2. The van der Waals surface area contributed by atoms with Crippen LogP contribution in [0, 0.1) is 29.1 Å². The number of carbonyl (C=O) groups is 2. The lowest BCUT2D eigenvalue weighted by Gasteiger charge is -2.56. The molecule has 1 aromatic carbocycles. The van der Waals surface area contributed by atoms with Crippen LogP contribution >= 0.6 is 0 Å².